The molecule has 0 aliphatic carbocycles. The van der Waals surface area contributed by atoms with Crippen molar-refractivity contribution in [1.82, 2.24) is 4.40 Å². The molecule has 0 aliphatic heterocycles. The molecule has 4 heteroatoms. The lowest BCUT2D eigenvalue weighted by molar-refractivity contribution is 0.0531. The summed E-state index contributed by atoms with van der Waals surface area (Å²) in [4.78, 5) is 12.5. The molecule has 0 aliphatic rings. The maximum atomic E-state index is 12.5. The molecule has 4 rings (SSSR count). The Morgan fingerprint density at radius 3 is 2.59 bits per heavy atom. The van der Waals surface area contributed by atoms with Crippen LogP contribution in [0.1, 0.15) is 28.4 Å². The third kappa shape index (κ3) is 3.26. The molecule has 2 aromatic carbocycles. The average Bonchev–Trinajstić information content (AvgIpc) is 3.02. The SMILES string of the molecule is CCOC(=O)c1c2ccc(OCc3ccc(C)cc3)cc2n2ccccc12. The van der Waals surface area contributed by atoms with E-state index in [1.165, 1.54) is 5.56 Å². The van der Waals surface area contributed by atoms with Crippen LogP contribution in [-0.2, 0) is 11.3 Å². The van der Waals surface area contributed by atoms with Gasteiger partial charge in [0, 0.05) is 17.6 Å². The predicted molar refractivity (Wildman–Crippen MR) is 106 cm³/mol. The minimum absolute atomic E-state index is 0.301. The zero-order chi connectivity index (χ0) is 18.8. The maximum Gasteiger partial charge on any atom is 0.340 e. The zero-order valence-electron chi connectivity index (χ0n) is 15.4. The van der Waals surface area contributed by atoms with Crippen molar-refractivity contribution < 1.29 is 14.3 Å². The first-order valence-corrected chi connectivity index (χ1v) is 9.05. The smallest absolute Gasteiger partial charge is 0.340 e. The van der Waals surface area contributed by atoms with Crippen molar-refractivity contribution in [2.24, 2.45) is 0 Å². The Morgan fingerprint density at radius 2 is 1.81 bits per heavy atom. The van der Waals surface area contributed by atoms with Gasteiger partial charge in [-0.25, -0.2) is 4.79 Å². The van der Waals surface area contributed by atoms with Crippen LogP contribution in [-0.4, -0.2) is 17.0 Å². The summed E-state index contributed by atoms with van der Waals surface area (Å²) < 4.78 is 13.2. The van der Waals surface area contributed by atoms with Crippen LogP contribution in [0.25, 0.3) is 16.4 Å². The van der Waals surface area contributed by atoms with Crippen LogP contribution in [0.5, 0.6) is 5.75 Å². The fourth-order valence-electron chi connectivity index (χ4n) is 3.28. The maximum absolute atomic E-state index is 12.5. The molecule has 0 unspecified atom stereocenters. The van der Waals surface area contributed by atoms with Gasteiger partial charge in [0.05, 0.1) is 23.2 Å². The van der Waals surface area contributed by atoms with Gasteiger partial charge >= 0.3 is 5.97 Å². The van der Waals surface area contributed by atoms with Crippen molar-refractivity contribution >= 4 is 22.4 Å². The number of hydrogen-bond donors (Lipinski definition) is 0. The number of ether oxygens (including phenoxy) is 2. The number of fused-ring (bicyclic) bond motifs is 3. The minimum atomic E-state index is -0.301. The molecular weight excluding hydrogens is 338 g/mol. The van der Waals surface area contributed by atoms with Crippen LogP contribution in [0, 0.1) is 6.92 Å². The molecule has 0 saturated carbocycles. The lowest BCUT2D eigenvalue weighted by Gasteiger charge is -2.07. The van der Waals surface area contributed by atoms with Crippen molar-refractivity contribution in [3.8, 4) is 5.75 Å². The first-order chi connectivity index (χ1) is 13.2. The molecule has 0 radical (unpaired) electrons. The molecule has 27 heavy (non-hydrogen) atoms. The van der Waals surface area contributed by atoms with E-state index in [2.05, 4.69) is 31.2 Å². The van der Waals surface area contributed by atoms with Gasteiger partial charge in [-0.1, -0.05) is 35.9 Å². The number of hydrogen-bond acceptors (Lipinski definition) is 3. The van der Waals surface area contributed by atoms with Crippen LogP contribution in [0.4, 0.5) is 0 Å². The average molecular weight is 359 g/mol. The number of benzene rings is 2. The van der Waals surface area contributed by atoms with Crippen molar-refractivity contribution in [2.75, 3.05) is 6.61 Å². The van der Waals surface area contributed by atoms with E-state index in [-0.39, 0.29) is 5.97 Å². The topological polar surface area (TPSA) is 39.9 Å². The third-order valence-electron chi connectivity index (χ3n) is 4.62. The summed E-state index contributed by atoms with van der Waals surface area (Å²) in [5.74, 6) is 0.464. The van der Waals surface area contributed by atoms with Gasteiger partial charge in [0.25, 0.3) is 0 Å². The molecule has 0 saturated heterocycles. The summed E-state index contributed by atoms with van der Waals surface area (Å²) in [7, 11) is 0. The Hall–Kier alpha value is -3.27. The summed E-state index contributed by atoms with van der Waals surface area (Å²) >= 11 is 0. The summed E-state index contributed by atoms with van der Waals surface area (Å²) in [6.07, 6.45) is 1.95. The molecule has 2 aromatic heterocycles. The quantitative estimate of drug-likeness (QED) is 0.462. The van der Waals surface area contributed by atoms with Gasteiger partial charge < -0.3 is 13.9 Å². The number of aryl methyl sites for hydroxylation is 1. The van der Waals surface area contributed by atoms with Crippen LogP contribution < -0.4 is 4.74 Å². The molecule has 0 spiro atoms. The number of aromatic nitrogens is 1. The van der Waals surface area contributed by atoms with Crippen molar-refractivity contribution in [3.05, 3.63) is 83.6 Å². The van der Waals surface area contributed by atoms with Gasteiger partial charge in [0.2, 0.25) is 0 Å². The molecule has 0 amide bonds. The Bertz CT molecular complexity index is 1110. The largest absolute Gasteiger partial charge is 0.489 e. The molecule has 0 fully saturated rings. The molecular formula is C23H21NO3. The summed E-state index contributed by atoms with van der Waals surface area (Å²) in [6.45, 7) is 4.73. The third-order valence-corrected chi connectivity index (χ3v) is 4.62. The van der Waals surface area contributed by atoms with E-state index in [0.717, 1.165) is 27.7 Å². The van der Waals surface area contributed by atoms with E-state index in [9.17, 15) is 4.79 Å². The van der Waals surface area contributed by atoms with Gasteiger partial charge in [-0.3, -0.25) is 0 Å². The van der Waals surface area contributed by atoms with Gasteiger partial charge in [-0.05, 0) is 43.7 Å². The van der Waals surface area contributed by atoms with Crippen LogP contribution in [0.15, 0.2) is 66.9 Å². The molecule has 2 heterocycles. The highest BCUT2D eigenvalue weighted by atomic mass is 16.5. The zero-order valence-corrected chi connectivity index (χ0v) is 15.4. The second kappa shape index (κ2) is 7.16. The second-order valence-corrected chi connectivity index (χ2v) is 6.50. The van der Waals surface area contributed by atoms with E-state index in [1.807, 2.05) is 53.9 Å². The molecule has 4 nitrogen and oxygen atoms in total. The summed E-state index contributed by atoms with van der Waals surface area (Å²) in [5.41, 5.74) is 4.70. The second-order valence-electron chi connectivity index (χ2n) is 6.50. The Kier molecular flexibility index (Phi) is 4.55. The number of pyridine rings is 1. The van der Waals surface area contributed by atoms with Crippen LogP contribution in [0.3, 0.4) is 0 Å². The fourth-order valence-corrected chi connectivity index (χ4v) is 3.28. The highest BCUT2D eigenvalue weighted by Crippen LogP contribution is 2.30. The van der Waals surface area contributed by atoms with Gasteiger partial charge in [-0.2, -0.15) is 0 Å². The number of nitrogens with zero attached hydrogens (tertiary/aromatic N) is 1. The minimum Gasteiger partial charge on any atom is -0.489 e. The lowest BCUT2D eigenvalue weighted by atomic mass is 10.1. The Morgan fingerprint density at radius 1 is 1.00 bits per heavy atom. The Balaban J connectivity index is 1.72. The van der Waals surface area contributed by atoms with Crippen LogP contribution in [0.2, 0.25) is 0 Å². The lowest BCUT2D eigenvalue weighted by Crippen LogP contribution is -2.04. The molecule has 0 bridgehead atoms. The van der Waals surface area contributed by atoms with E-state index in [4.69, 9.17) is 9.47 Å². The monoisotopic (exact) mass is 359 g/mol. The number of carbonyl (C=O) groups excluding carboxylic acids is 1. The van der Waals surface area contributed by atoms with Crippen molar-refractivity contribution in [2.45, 2.75) is 20.5 Å². The Labute approximate surface area is 158 Å². The fraction of sp³-hybridized carbons (Fsp3) is 0.174. The molecule has 0 N–H and O–H groups in total. The van der Waals surface area contributed by atoms with Crippen molar-refractivity contribution in [1.29, 1.82) is 0 Å². The van der Waals surface area contributed by atoms with E-state index in [1.54, 1.807) is 0 Å². The molecule has 136 valence electrons. The highest BCUT2D eigenvalue weighted by molar-refractivity contribution is 6.11. The van der Waals surface area contributed by atoms with Gasteiger partial charge in [0.15, 0.2) is 0 Å². The summed E-state index contributed by atoms with van der Waals surface area (Å²) in [6, 6.07) is 19.9. The van der Waals surface area contributed by atoms with Crippen molar-refractivity contribution in [3.63, 3.8) is 0 Å². The summed E-state index contributed by atoms with van der Waals surface area (Å²) in [5, 5.41) is 0.863. The van der Waals surface area contributed by atoms with E-state index >= 15 is 0 Å². The number of rotatable bonds is 5. The van der Waals surface area contributed by atoms with Gasteiger partial charge in [0.1, 0.15) is 12.4 Å². The van der Waals surface area contributed by atoms with E-state index in [0.29, 0.717) is 18.8 Å². The predicted octanol–water partition coefficient (Wildman–Crippen LogP) is 5.16. The highest BCUT2D eigenvalue weighted by Gasteiger charge is 2.19. The normalized spacial score (nSPS) is 11.0. The van der Waals surface area contributed by atoms with E-state index < -0.39 is 0 Å². The standard InChI is InChI=1S/C23H21NO3/c1-3-26-23(25)22-19-12-11-18(27-15-17-9-7-16(2)8-10-17)14-21(19)24-13-5-4-6-20(22)24/h4-14H,3,15H2,1-2H3. The number of esters is 1. The molecule has 4 aromatic rings. The van der Waals surface area contributed by atoms with Crippen LogP contribution >= 0.6 is 0 Å². The molecule has 0 atom stereocenters. The first-order valence-electron chi connectivity index (χ1n) is 9.05. The first kappa shape index (κ1) is 17.2. The number of carbonyl (C=O) groups is 1. The van der Waals surface area contributed by atoms with Gasteiger partial charge in [-0.15, -0.1) is 0 Å².